The molecule has 31 heavy (non-hydrogen) atoms. The van der Waals surface area contributed by atoms with E-state index < -0.39 is 6.17 Å². The minimum absolute atomic E-state index is 0.0218. The maximum Gasteiger partial charge on any atom is 0.213 e. The van der Waals surface area contributed by atoms with Gasteiger partial charge in [-0.05, 0) is 61.5 Å². The number of benzene rings is 1. The number of phenols is 1. The average Bonchev–Trinajstić information content (AvgIpc) is 2.77. The molecule has 0 radical (unpaired) electrons. The summed E-state index contributed by atoms with van der Waals surface area (Å²) in [6, 6.07) is 7.32. The summed E-state index contributed by atoms with van der Waals surface area (Å²) >= 11 is 0. The molecule has 0 fully saturated rings. The number of hydrogen-bond acceptors (Lipinski definition) is 4. The summed E-state index contributed by atoms with van der Waals surface area (Å²) in [4.78, 5) is 4.70. The molecule has 0 aromatic heterocycles. The Kier molecular flexibility index (Phi) is 5.14. The largest absolute Gasteiger partial charge is 0.508 e. The lowest BCUT2D eigenvalue weighted by Gasteiger charge is -2.33. The first-order chi connectivity index (χ1) is 15.1. The van der Waals surface area contributed by atoms with E-state index in [1.807, 2.05) is 38.1 Å². The van der Waals surface area contributed by atoms with E-state index in [-0.39, 0.29) is 11.9 Å². The Hall–Kier alpha value is -3.27. The maximum absolute atomic E-state index is 10.4. The Morgan fingerprint density at radius 3 is 2.81 bits per heavy atom. The maximum atomic E-state index is 10.4. The predicted molar refractivity (Wildman–Crippen MR) is 124 cm³/mol. The van der Waals surface area contributed by atoms with Gasteiger partial charge in [-0.25, -0.2) is 4.99 Å². The second-order valence-electron chi connectivity index (χ2n) is 8.76. The van der Waals surface area contributed by atoms with E-state index >= 15 is 0 Å². The molecule has 2 N–H and O–H groups in total. The van der Waals surface area contributed by atoms with Gasteiger partial charge in [-0.2, -0.15) is 0 Å². The van der Waals surface area contributed by atoms with Crippen LogP contribution in [-0.2, 0) is 4.74 Å². The molecule has 0 spiro atoms. The summed E-state index contributed by atoms with van der Waals surface area (Å²) in [6.45, 7) is 3.99. The van der Waals surface area contributed by atoms with Gasteiger partial charge in [-0.15, -0.1) is 0 Å². The number of fused-ring (bicyclic) bond motifs is 2. The predicted octanol–water partition coefficient (Wildman–Crippen LogP) is 5.65. The van der Waals surface area contributed by atoms with Gasteiger partial charge in [0.25, 0.3) is 0 Å². The van der Waals surface area contributed by atoms with Gasteiger partial charge in [-0.3, -0.25) is 0 Å². The van der Waals surface area contributed by atoms with Crippen LogP contribution in [0, 0.1) is 11.8 Å². The third-order valence-electron chi connectivity index (χ3n) is 6.17. The van der Waals surface area contributed by atoms with Crippen LogP contribution in [0.1, 0.15) is 38.4 Å². The smallest absolute Gasteiger partial charge is 0.213 e. The fourth-order valence-electron chi connectivity index (χ4n) is 4.66. The first-order valence-corrected chi connectivity index (χ1v) is 11.1. The molecule has 0 bridgehead atoms. The van der Waals surface area contributed by atoms with Crippen LogP contribution in [0.2, 0.25) is 0 Å². The molecule has 0 saturated carbocycles. The number of phenolic OH excluding ortho intramolecular Hbond substituents is 1. The van der Waals surface area contributed by atoms with E-state index in [2.05, 4.69) is 47.8 Å². The summed E-state index contributed by atoms with van der Waals surface area (Å²) in [5.41, 5.74) is 5.65. The quantitative estimate of drug-likeness (QED) is 0.675. The van der Waals surface area contributed by atoms with Crippen LogP contribution in [-0.4, -0.2) is 17.1 Å². The van der Waals surface area contributed by atoms with Gasteiger partial charge in [0, 0.05) is 23.3 Å². The first kappa shape index (κ1) is 19.7. The van der Waals surface area contributed by atoms with Crippen molar-refractivity contribution in [3.8, 4) is 5.75 Å². The molecule has 1 aromatic carbocycles. The second-order valence-corrected chi connectivity index (χ2v) is 8.76. The summed E-state index contributed by atoms with van der Waals surface area (Å²) < 4.78 is 5.96. The van der Waals surface area contributed by atoms with Crippen molar-refractivity contribution in [2.24, 2.45) is 16.8 Å². The summed E-state index contributed by atoms with van der Waals surface area (Å²) in [5.74, 6) is 1.91. The van der Waals surface area contributed by atoms with Crippen LogP contribution in [0.5, 0.6) is 5.75 Å². The van der Waals surface area contributed by atoms with E-state index in [0.29, 0.717) is 17.7 Å². The average molecular weight is 413 g/mol. The van der Waals surface area contributed by atoms with Crippen molar-refractivity contribution in [3.63, 3.8) is 0 Å². The minimum atomic E-state index is -0.396. The zero-order valence-corrected chi connectivity index (χ0v) is 18.0. The van der Waals surface area contributed by atoms with E-state index in [4.69, 9.17) is 9.73 Å². The van der Waals surface area contributed by atoms with Crippen LogP contribution >= 0.6 is 0 Å². The Balaban J connectivity index is 1.47. The minimum Gasteiger partial charge on any atom is -0.508 e. The molecule has 4 heteroatoms. The highest BCUT2D eigenvalue weighted by molar-refractivity contribution is 5.90. The fraction of sp³-hybridized carbons (Fsp3) is 0.296. The third kappa shape index (κ3) is 4.02. The summed E-state index contributed by atoms with van der Waals surface area (Å²) in [6.07, 6.45) is 19.6. The molecule has 0 saturated heterocycles. The SMILES string of the molecule is CC(C)OC1=NC(c2ccccc2O)NC(C2=CCC3CC4C=CC=CC4=CC3=C2)=C1. The molecule has 1 aromatic rings. The number of nitrogens with zero attached hydrogens (tertiary/aromatic N) is 1. The Morgan fingerprint density at radius 1 is 1.10 bits per heavy atom. The molecule has 5 rings (SSSR count). The Bertz CT molecular complexity index is 1100. The van der Waals surface area contributed by atoms with Gasteiger partial charge < -0.3 is 15.2 Å². The zero-order valence-electron chi connectivity index (χ0n) is 18.0. The number of aromatic hydroxyl groups is 1. The first-order valence-electron chi connectivity index (χ1n) is 11.1. The molecule has 1 heterocycles. The molecule has 1 aliphatic heterocycles. The monoisotopic (exact) mass is 412 g/mol. The molecular formula is C27H28N2O2. The van der Waals surface area contributed by atoms with Gasteiger partial charge in [0.05, 0.1) is 6.10 Å². The Labute approximate surface area is 183 Å². The lowest BCUT2D eigenvalue weighted by molar-refractivity contribution is 0.226. The number of ether oxygens (including phenoxy) is 1. The highest BCUT2D eigenvalue weighted by atomic mass is 16.5. The van der Waals surface area contributed by atoms with Crippen LogP contribution in [0.4, 0.5) is 0 Å². The van der Waals surface area contributed by atoms with Crippen LogP contribution < -0.4 is 5.32 Å². The normalized spacial score (nSPS) is 26.5. The van der Waals surface area contributed by atoms with Gasteiger partial charge in [0.15, 0.2) is 6.17 Å². The van der Waals surface area contributed by atoms with Crippen molar-refractivity contribution in [1.82, 2.24) is 5.32 Å². The van der Waals surface area contributed by atoms with E-state index in [9.17, 15) is 5.11 Å². The topological polar surface area (TPSA) is 53.9 Å². The molecule has 0 amide bonds. The van der Waals surface area contributed by atoms with Gasteiger partial charge in [-0.1, -0.05) is 54.7 Å². The van der Waals surface area contributed by atoms with Crippen LogP contribution in [0.15, 0.2) is 100 Å². The molecule has 4 aliphatic rings. The number of hydrogen-bond donors (Lipinski definition) is 2. The van der Waals surface area contributed by atoms with E-state index in [0.717, 1.165) is 23.3 Å². The number of nitrogens with one attached hydrogen (secondary N) is 1. The van der Waals surface area contributed by atoms with Crippen LogP contribution in [0.3, 0.4) is 0 Å². The summed E-state index contributed by atoms with van der Waals surface area (Å²) in [5, 5.41) is 13.9. The number of rotatable bonds is 3. The lowest BCUT2D eigenvalue weighted by Crippen LogP contribution is -2.29. The summed E-state index contributed by atoms with van der Waals surface area (Å²) in [7, 11) is 0. The van der Waals surface area contributed by atoms with Crippen molar-refractivity contribution < 1.29 is 9.84 Å². The molecule has 4 nitrogen and oxygen atoms in total. The molecular weight excluding hydrogens is 384 g/mol. The molecule has 3 atom stereocenters. The second kappa shape index (κ2) is 8.10. The number of allylic oxidation sites excluding steroid dienone is 9. The Morgan fingerprint density at radius 2 is 1.97 bits per heavy atom. The highest BCUT2D eigenvalue weighted by Gasteiger charge is 2.29. The van der Waals surface area contributed by atoms with Crippen molar-refractivity contribution in [2.75, 3.05) is 0 Å². The standard InChI is InChI=1S/C27H28N2O2/c1-17(2)31-26-16-24(28-27(29-26)23-9-5-6-10-25(23)30)21-12-11-20-13-18-7-3-4-8-19(18)14-22(20)15-21/h3-10,12,14-18,20,27-28,30H,11,13H2,1-2H3. The van der Waals surface area contributed by atoms with Crippen molar-refractivity contribution in [1.29, 1.82) is 0 Å². The third-order valence-corrected chi connectivity index (χ3v) is 6.17. The zero-order chi connectivity index (χ0) is 21.4. The lowest BCUT2D eigenvalue weighted by atomic mass is 9.73. The molecule has 158 valence electrons. The van der Waals surface area contributed by atoms with E-state index in [1.54, 1.807) is 6.07 Å². The van der Waals surface area contributed by atoms with Crippen molar-refractivity contribution >= 4 is 5.90 Å². The number of para-hydroxylation sites is 1. The van der Waals surface area contributed by atoms with Crippen LogP contribution in [0.25, 0.3) is 0 Å². The molecule has 3 aliphatic carbocycles. The van der Waals surface area contributed by atoms with Gasteiger partial charge >= 0.3 is 0 Å². The van der Waals surface area contributed by atoms with Gasteiger partial charge in [0.1, 0.15) is 5.75 Å². The van der Waals surface area contributed by atoms with E-state index in [1.165, 1.54) is 17.6 Å². The van der Waals surface area contributed by atoms with Crippen molar-refractivity contribution in [2.45, 2.75) is 39.0 Å². The fourth-order valence-corrected chi connectivity index (χ4v) is 4.66. The van der Waals surface area contributed by atoms with Crippen molar-refractivity contribution in [3.05, 3.63) is 101 Å². The highest BCUT2D eigenvalue weighted by Crippen LogP contribution is 2.41. The molecule has 3 unspecified atom stereocenters. The number of aliphatic imine (C=N–C) groups is 1. The van der Waals surface area contributed by atoms with Gasteiger partial charge in [0.2, 0.25) is 5.90 Å².